The molecule has 0 spiro atoms. The predicted octanol–water partition coefficient (Wildman–Crippen LogP) is 3.85. The minimum atomic E-state index is 0.315. The normalized spacial score (nSPS) is 20.0. The zero-order chi connectivity index (χ0) is 20.1. The van der Waals surface area contributed by atoms with Crippen molar-refractivity contribution in [1.29, 1.82) is 0 Å². The third kappa shape index (κ3) is 4.55. The number of nitrogens with zero attached hydrogens (tertiary/aromatic N) is 6. The lowest BCUT2D eigenvalue weighted by molar-refractivity contribution is 0.158. The van der Waals surface area contributed by atoms with Gasteiger partial charge in [-0.2, -0.15) is 0 Å². The van der Waals surface area contributed by atoms with Crippen LogP contribution in [0.1, 0.15) is 69.8 Å². The van der Waals surface area contributed by atoms with E-state index < -0.39 is 0 Å². The number of methoxy groups -OCH3 is 1. The van der Waals surface area contributed by atoms with Crippen LogP contribution in [0.2, 0.25) is 0 Å². The highest BCUT2D eigenvalue weighted by Gasteiger charge is 2.31. The topological polar surface area (TPSA) is 59.3 Å². The van der Waals surface area contributed by atoms with Gasteiger partial charge >= 0.3 is 0 Å². The summed E-state index contributed by atoms with van der Waals surface area (Å²) in [4.78, 5) is 5.05. The summed E-state index contributed by atoms with van der Waals surface area (Å²) < 4.78 is 7.45. The van der Waals surface area contributed by atoms with Gasteiger partial charge in [0.15, 0.2) is 5.82 Å². The molecule has 1 aliphatic carbocycles. The smallest absolute Gasteiger partial charge is 0.168 e. The van der Waals surface area contributed by atoms with Crippen LogP contribution >= 0.6 is 0 Å². The Hall–Kier alpha value is -2.15. The fourth-order valence-corrected chi connectivity index (χ4v) is 4.84. The molecule has 1 aromatic heterocycles. The second-order valence-electron chi connectivity index (χ2n) is 8.30. The van der Waals surface area contributed by atoms with Crippen LogP contribution < -0.4 is 9.64 Å². The summed E-state index contributed by atoms with van der Waals surface area (Å²) in [6.45, 7) is 6.38. The molecule has 2 aliphatic rings. The van der Waals surface area contributed by atoms with Crippen molar-refractivity contribution in [2.24, 2.45) is 0 Å². The van der Waals surface area contributed by atoms with Crippen molar-refractivity contribution in [3.8, 4) is 5.75 Å². The Morgan fingerprint density at radius 3 is 2.41 bits per heavy atom. The second-order valence-corrected chi connectivity index (χ2v) is 8.30. The van der Waals surface area contributed by atoms with Crippen molar-refractivity contribution in [3.63, 3.8) is 0 Å². The van der Waals surface area contributed by atoms with Crippen molar-refractivity contribution >= 4 is 5.69 Å². The Labute approximate surface area is 174 Å². The van der Waals surface area contributed by atoms with Crippen molar-refractivity contribution in [2.75, 3.05) is 38.2 Å². The van der Waals surface area contributed by atoms with Crippen molar-refractivity contribution < 1.29 is 4.74 Å². The van der Waals surface area contributed by atoms with Crippen LogP contribution in [0.3, 0.4) is 0 Å². The molecular formula is C22H34N6O. The maximum absolute atomic E-state index is 5.29. The first kappa shape index (κ1) is 20.1. The summed E-state index contributed by atoms with van der Waals surface area (Å²) >= 11 is 0. The maximum atomic E-state index is 5.29. The Morgan fingerprint density at radius 1 is 1.03 bits per heavy atom. The number of piperazine rings is 1. The molecule has 1 aliphatic heterocycles. The molecule has 29 heavy (non-hydrogen) atoms. The van der Waals surface area contributed by atoms with Crippen LogP contribution in [-0.4, -0.2) is 58.4 Å². The molecule has 0 radical (unpaired) electrons. The zero-order valence-corrected chi connectivity index (χ0v) is 17.8. The summed E-state index contributed by atoms with van der Waals surface area (Å²) in [5, 5.41) is 13.0. The van der Waals surface area contributed by atoms with Crippen LogP contribution in [0.25, 0.3) is 0 Å². The molecule has 7 nitrogen and oxygen atoms in total. The molecule has 158 valence electrons. The Morgan fingerprint density at radius 2 is 1.76 bits per heavy atom. The van der Waals surface area contributed by atoms with Gasteiger partial charge in [0.2, 0.25) is 0 Å². The molecule has 0 N–H and O–H groups in total. The van der Waals surface area contributed by atoms with E-state index in [4.69, 9.17) is 4.74 Å². The SMILES string of the molecule is CCC[C@@H](c1nnnn1C1CCCCC1)N1CCN(c2ccc(OC)cc2)CC1. The molecular weight excluding hydrogens is 364 g/mol. The fraction of sp³-hybridized carbons (Fsp3) is 0.682. The average molecular weight is 399 g/mol. The largest absolute Gasteiger partial charge is 0.497 e. The number of hydrogen-bond acceptors (Lipinski definition) is 6. The molecule has 0 amide bonds. The molecule has 4 rings (SSSR count). The van der Waals surface area contributed by atoms with Crippen LogP contribution in [0.5, 0.6) is 5.75 Å². The van der Waals surface area contributed by atoms with E-state index in [2.05, 4.69) is 49.1 Å². The van der Waals surface area contributed by atoms with Gasteiger partial charge in [-0.1, -0.05) is 32.6 Å². The van der Waals surface area contributed by atoms with E-state index in [1.165, 1.54) is 37.8 Å². The van der Waals surface area contributed by atoms with Gasteiger partial charge in [-0.15, -0.1) is 5.10 Å². The molecule has 1 saturated heterocycles. The Kier molecular flexibility index (Phi) is 6.64. The van der Waals surface area contributed by atoms with Gasteiger partial charge in [-0.25, -0.2) is 4.68 Å². The second kappa shape index (κ2) is 9.57. The first-order valence-corrected chi connectivity index (χ1v) is 11.2. The molecule has 1 saturated carbocycles. The summed E-state index contributed by atoms with van der Waals surface area (Å²) in [6.07, 6.45) is 8.60. The number of hydrogen-bond donors (Lipinski definition) is 0. The highest BCUT2D eigenvalue weighted by atomic mass is 16.5. The molecule has 0 bridgehead atoms. The van der Waals surface area contributed by atoms with Gasteiger partial charge in [-0.05, 0) is 54.0 Å². The first-order valence-electron chi connectivity index (χ1n) is 11.2. The van der Waals surface area contributed by atoms with Crippen LogP contribution in [-0.2, 0) is 0 Å². The quantitative estimate of drug-likeness (QED) is 0.706. The maximum Gasteiger partial charge on any atom is 0.168 e. The predicted molar refractivity (Wildman–Crippen MR) is 114 cm³/mol. The van der Waals surface area contributed by atoms with Gasteiger partial charge in [0.1, 0.15) is 5.75 Å². The van der Waals surface area contributed by atoms with E-state index in [1.54, 1.807) is 7.11 Å². The molecule has 7 heteroatoms. The van der Waals surface area contributed by atoms with Crippen molar-refractivity contribution in [1.82, 2.24) is 25.1 Å². The van der Waals surface area contributed by atoms with E-state index in [9.17, 15) is 0 Å². The minimum absolute atomic E-state index is 0.315. The monoisotopic (exact) mass is 398 g/mol. The average Bonchev–Trinajstić information content (AvgIpc) is 3.28. The number of benzene rings is 1. The number of anilines is 1. The Balaban J connectivity index is 1.44. The van der Waals surface area contributed by atoms with Gasteiger partial charge in [-0.3, -0.25) is 4.90 Å². The fourth-order valence-electron chi connectivity index (χ4n) is 4.84. The number of tetrazole rings is 1. The van der Waals surface area contributed by atoms with Crippen LogP contribution in [0, 0.1) is 0 Å². The van der Waals surface area contributed by atoms with Crippen molar-refractivity contribution in [3.05, 3.63) is 30.1 Å². The highest BCUT2D eigenvalue weighted by Crippen LogP contribution is 2.32. The van der Waals surface area contributed by atoms with E-state index in [0.717, 1.165) is 50.6 Å². The van der Waals surface area contributed by atoms with E-state index >= 15 is 0 Å². The van der Waals surface area contributed by atoms with Gasteiger partial charge < -0.3 is 9.64 Å². The van der Waals surface area contributed by atoms with Gasteiger partial charge in [0, 0.05) is 31.9 Å². The Bertz CT molecular complexity index is 747. The van der Waals surface area contributed by atoms with Gasteiger partial charge in [0.05, 0.1) is 19.2 Å². The molecule has 2 aromatic rings. The van der Waals surface area contributed by atoms with E-state index in [0.29, 0.717) is 12.1 Å². The third-order valence-corrected chi connectivity index (χ3v) is 6.49. The van der Waals surface area contributed by atoms with Gasteiger partial charge in [0.25, 0.3) is 0 Å². The number of rotatable bonds is 7. The number of aromatic nitrogens is 4. The highest BCUT2D eigenvalue weighted by molar-refractivity contribution is 5.49. The lowest BCUT2D eigenvalue weighted by Gasteiger charge is -2.40. The van der Waals surface area contributed by atoms with E-state index in [1.807, 2.05) is 12.1 Å². The zero-order valence-electron chi connectivity index (χ0n) is 17.8. The molecule has 1 aromatic carbocycles. The molecule has 0 unspecified atom stereocenters. The lowest BCUT2D eigenvalue weighted by atomic mass is 9.95. The molecule has 2 heterocycles. The van der Waals surface area contributed by atoms with E-state index in [-0.39, 0.29) is 0 Å². The standard InChI is InChI=1S/C22H34N6O/c1-3-7-21(22-23-24-25-28(22)19-8-5-4-6-9-19)27-16-14-26(15-17-27)18-10-12-20(29-2)13-11-18/h10-13,19,21H,3-9,14-17H2,1-2H3/t21-/m0/s1. The lowest BCUT2D eigenvalue weighted by Crippen LogP contribution is -2.48. The third-order valence-electron chi connectivity index (χ3n) is 6.49. The van der Waals surface area contributed by atoms with Crippen molar-refractivity contribution in [2.45, 2.75) is 64.0 Å². The summed E-state index contributed by atoms with van der Waals surface area (Å²) in [7, 11) is 1.71. The van der Waals surface area contributed by atoms with Crippen LogP contribution in [0.4, 0.5) is 5.69 Å². The summed E-state index contributed by atoms with van der Waals surface area (Å²) in [5.74, 6) is 1.99. The summed E-state index contributed by atoms with van der Waals surface area (Å²) in [6, 6.07) is 9.19. The molecule has 2 fully saturated rings. The minimum Gasteiger partial charge on any atom is -0.497 e. The number of ether oxygens (including phenoxy) is 1. The summed E-state index contributed by atoms with van der Waals surface area (Å²) in [5.41, 5.74) is 1.27. The molecule has 1 atom stereocenters. The van der Waals surface area contributed by atoms with Crippen LogP contribution in [0.15, 0.2) is 24.3 Å². The first-order chi connectivity index (χ1) is 14.3.